The predicted molar refractivity (Wildman–Crippen MR) is 96.1 cm³/mol. The Hall–Kier alpha value is -1.75. The summed E-state index contributed by atoms with van der Waals surface area (Å²) in [5.74, 6) is 1.77. The molecular formula is C18H30N4O. The maximum absolute atomic E-state index is 5.39. The highest BCUT2D eigenvalue weighted by atomic mass is 16.5. The second-order valence-electron chi connectivity index (χ2n) is 6.00. The smallest absolute Gasteiger partial charge is 0.191 e. The molecule has 0 saturated carbocycles. The second kappa shape index (κ2) is 9.40. The van der Waals surface area contributed by atoms with Crippen molar-refractivity contribution in [1.29, 1.82) is 0 Å². The second-order valence-corrected chi connectivity index (χ2v) is 6.00. The van der Waals surface area contributed by atoms with E-state index in [9.17, 15) is 0 Å². The third-order valence-electron chi connectivity index (χ3n) is 4.33. The van der Waals surface area contributed by atoms with Gasteiger partial charge < -0.3 is 20.3 Å². The number of piperidine rings is 1. The molecule has 0 radical (unpaired) electrons. The summed E-state index contributed by atoms with van der Waals surface area (Å²) in [6, 6.07) is 8.57. The molecule has 1 heterocycles. The zero-order valence-corrected chi connectivity index (χ0v) is 14.6. The van der Waals surface area contributed by atoms with Gasteiger partial charge in [-0.3, -0.25) is 4.99 Å². The van der Waals surface area contributed by atoms with Crippen LogP contribution in [0.4, 0.5) is 0 Å². The number of aliphatic imine (C=N–C) groups is 1. The van der Waals surface area contributed by atoms with E-state index in [1.807, 2.05) is 25.2 Å². The zero-order chi connectivity index (χ0) is 16.5. The van der Waals surface area contributed by atoms with Gasteiger partial charge in [-0.2, -0.15) is 0 Å². The normalized spacial score (nSPS) is 17.1. The van der Waals surface area contributed by atoms with Gasteiger partial charge in [0.15, 0.2) is 5.96 Å². The van der Waals surface area contributed by atoms with Crippen LogP contribution in [0.1, 0.15) is 31.7 Å². The lowest BCUT2D eigenvalue weighted by atomic mass is 10.1. The van der Waals surface area contributed by atoms with Gasteiger partial charge in [-0.25, -0.2) is 0 Å². The Morgan fingerprint density at radius 1 is 1.30 bits per heavy atom. The molecule has 0 atom stereocenters. The molecule has 0 bridgehead atoms. The summed E-state index contributed by atoms with van der Waals surface area (Å²) < 4.78 is 5.39. The number of para-hydroxylation sites is 1. The Kier molecular flexibility index (Phi) is 7.20. The van der Waals surface area contributed by atoms with E-state index < -0.39 is 0 Å². The Balaban J connectivity index is 1.80. The van der Waals surface area contributed by atoms with Crippen LogP contribution in [0.25, 0.3) is 0 Å². The number of hydrogen-bond acceptors (Lipinski definition) is 3. The van der Waals surface area contributed by atoms with Crippen molar-refractivity contribution in [3.63, 3.8) is 0 Å². The van der Waals surface area contributed by atoms with Crippen LogP contribution < -0.4 is 15.4 Å². The summed E-state index contributed by atoms with van der Waals surface area (Å²) in [6.45, 7) is 6.52. The Morgan fingerprint density at radius 3 is 2.70 bits per heavy atom. The molecule has 128 valence electrons. The number of benzene rings is 1. The van der Waals surface area contributed by atoms with Crippen molar-refractivity contribution in [2.75, 3.05) is 33.8 Å². The van der Waals surface area contributed by atoms with Gasteiger partial charge in [0.25, 0.3) is 0 Å². The SMILES string of the molecule is CCCN1CCC(NC(=NC)NCc2ccccc2OC)CC1. The monoisotopic (exact) mass is 318 g/mol. The number of likely N-dealkylation sites (tertiary alicyclic amines) is 1. The number of ether oxygens (including phenoxy) is 1. The highest BCUT2D eigenvalue weighted by Crippen LogP contribution is 2.16. The van der Waals surface area contributed by atoms with Gasteiger partial charge in [0.2, 0.25) is 0 Å². The number of rotatable bonds is 6. The van der Waals surface area contributed by atoms with Crippen molar-refractivity contribution in [2.24, 2.45) is 4.99 Å². The molecule has 0 unspecified atom stereocenters. The molecule has 0 amide bonds. The first-order valence-corrected chi connectivity index (χ1v) is 8.58. The summed E-state index contributed by atoms with van der Waals surface area (Å²) in [7, 11) is 3.53. The summed E-state index contributed by atoms with van der Waals surface area (Å²) in [5, 5.41) is 6.94. The molecule has 0 aliphatic carbocycles. The minimum atomic E-state index is 0.506. The van der Waals surface area contributed by atoms with E-state index in [0.717, 1.165) is 17.3 Å². The quantitative estimate of drug-likeness (QED) is 0.624. The first kappa shape index (κ1) is 17.6. The van der Waals surface area contributed by atoms with E-state index >= 15 is 0 Å². The predicted octanol–water partition coefficient (Wildman–Crippen LogP) is 2.23. The molecule has 1 aromatic rings. The summed E-state index contributed by atoms with van der Waals surface area (Å²) in [6.07, 6.45) is 3.59. The molecule has 1 saturated heterocycles. The van der Waals surface area contributed by atoms with Gasteiger partial charge in [-0.1, -0.05) is 25.1 Å². The highest BCUT2D eigenvalue weighted by Gasteiger charge is 2.19. The van der Waals surface area contributed by atoms with Crippen LogP contribution in [0.2, 0.25) is 0 Å². The van der Waals surface area contributed by atoms with Crippen LogP contribution in [-0.4, -0.2) is 50.7 Å². The van der Waals surface area contributed by atoms with Crippen LogP contribution >= 0.6 is 0 Å². The van der Waals surface area contributed by atoms with Crippen LogP contribution in [-0.2, 0) is 6.54 Å². The number of hydrogen-bond donors (Lipinski definition) is 2. The summed E-state index contributed by atoms with van der Waals surface area (Å²) >= 11 is 0. The third-order valence-corrected chi connectivity index (χ3v) is 4.33. The molecule has 0 aromatic heterocycles. The van der Waals surface area contributed by atoms with E-state index in [1.165, 1.54) is 38.9 Å². The fourth-order valence-electron chi connectivity index (χ4n) is 3.03. The molecule has 23 heavy (non-hydrogen) atoms. The molecule has 5 nitrogen and oxygen atoms in total. The van der Waals surface area contributed by atoms with Crippen molar-refractivity contribution in [1.82, 2.24) is 15.5 Å². The van der Waals surface area contributed by atoms with Crippen LogP contribution in [0, 0.1) is 0 Å². The van der Waals surface area contributed by atoms with Gasteiger partial charge in [0.1, 0.15) is 5.75 Å². The molecule has 0 spiro atoms. The lowest BCUT2D eigenvalue weighted by Gasteiger charge is -2.32. The van der Waals surface area contributed by atoms with Crippen LogP contribution in [0.3, 0.4) is 0 Å². The van der Waals surface area contributed by atoms with Crippen molar-refractivity contribution in [3.05, 3.63) is 29.8 Å². The summed E-state index contributed by atoms with van der Waals surface area (Å²) in [5.41, 5.74) is 1.13. The van der Waals surface area contributed by atoms with E-state index in [-0.39, 0.29) is 0 Å². The maximum Gasteiger partial charge on any atom is 0.191 e. The Bertz CT molecular complexity index is 496. The minimum Gasteiger partial charge on any atom is -0.496 e. The molecule has 1 fully saturated rings. The number of methoxy groups -OCH3 is 1. The molecule has 2 rings (SSSR count). The van der Waals surface area contributed by atoms with Gasteiger partial charge in [-0.15, -0.1) is 0 Å². The summed E-state index contributed by atoms with van der Waals surface area (Å²) in [4.78, 5) is 6.89. The standard InChI is InChI=1S/C18H30N4O/c1-4-11-22-12-9-16(10-13-22)21-18(19-2)20-14-15-7-5-6-8-17(15)23-3/h5-8,16H,4,9-14H2,1-3H3,(H2,19,20,21). The molecular weight excluding hydrogens is 288 g/mol. The Morgan fingerprint density at radius 2 is 2.04 bits per heavy atom. The minimum absolute atomic E-state index is 0.506. The molecule has 5 heteroatoms. The van der Waals surface area contributed by atoms with E-state index in [0.29, 0.717) is 12.6 Å². The largest absolute Gasteiger partial charge is 0.496 e. The molecule has 1 aliphatic rings. The van der Waals surface area contributed by atoms with Crippen molar-refractivity contribution in [3.8, 4) is 5.75 Å². The van der Waals surface area contributed by atoms with Crippen LogP contribution in [0.15, 0.2) is 29.3 Å². The van der Waals surface area contributed by atoms with Gasteiger partial charge in [-0.05, 0) is 31.9 Å². The average molecular weight is 318 g/mol. The average Bonchev–Trinajstić information content (AvgIpc) is 2.60. The molecule has 2 N–H and O–H groups in total. The zero-order valence-electron chi connectivity index (χ0n) is 14.6. The fourth-order valence-corrected chi connectivity index (χ4v) is 3.03. The van der Waals surface area contributed by atoms with E-state index in [1.54, 1.807) is 7.11 Å². The van der Waals surface area contributed by atoms with Gasteiger partial charge in [0.05, 0.1) is 7.11 Å². The number of nitrogens with one attached hydrogen (secondary N) is 2. The number of guanidine groups is 1. The lowest BCUT2D eigenvalue weighted by Crippen LogP contribution is -2.48. The Labute approximate surface area is 140 Å². The lowest BCUT2D eigenvalue weighted by molar-refractivity contribution is 0.206. The topological polar surface area (TPSA) is 48.9 Å². The number of nitrogens with zero attached hydrogens (tertiary/aromatic N) is 2. The van der Waals surface area contributed by atoms with Crippen molar-refractivity contribution in [2.45, 2.75) is 38.8 Å². The third kappa shape index (κ3) is 5.43. The highest BCUT2D eigenvalue weighted by molar-refractivity contribution is 5.80. The van der Waals surface area contributed by atoms with Crippen LogP contribution in [0.5, 0.6) is 5.75 Å². The first-order chi connectivity index (χ1) is 11.3. The molecule has 1 aliphatic heterocycles. The van der Waals surface area contributed by atoms with Gasteiger partial charge >= 0.3 is 0 Å². The van der Waals surface area contributed by atoms with E-state index in [4.69, 9.17) is 4.74 Å². The van der Waals surface area contributed by atoms with Gasteiger partial charge in [0, 0.05) is 38.3 Å². The fraction of sp³-hybridized carbons (Fsp3) is 0.611. The van der Waals surface area contributed by atoms with E-state index in [2.05, 4.69) is 33.5 Å². The van der Waals surface area contributed by atoms with Crippen molar-refractivity contribution >= 4 is 5.96 Å². The maximum atomic E-state index is 5.39. The van der Waals surface area contributed by atoms with Crippen molar-refractivity contribution < 1.29 is 4.74 Å². The first-order valence-electron chi connectivity index (χ1n) is 8.58. The molecule has 1 aromatic carbocycles.